The zero-order valence-electron chi connectivity index (χ0n) is 15.6. The fraction of sp³-hybridized carbons (Fsp3) is 0.389. The number of hydrogen-bond acceptors (Lipinski definition) is 6. The molecule has 0 saturated carbocycles. The molecule has 9 heteroatoms. The number of Topliss-reactive ketones (excluding diaryl/α,β-unsaturated/α-hetero) is 1. The summed E-state index contributed by atoms with van der Waals surface area (Å²) in [5, 5.41) is 7.88. The van der Waals surface area contributed by atoms with Crippen LogP contribution < -0.4 is 4.90 Å². The van der Waals surface area contributed by atoms with Gasteiger partial charge in [0.25, 0.3) is 11.7 Å². The van der Waals surface area contributed by atoms with Crippen LogP contribution in [0.2, 0.25) is 0 Å². The van der Waals surface area contributed by atoms with Crippen molar-refractivity contribution in [2.45, 2.75) is 20.8 Å². The number of fused-ring (bicyclic) bond motifs is 1. The molecule has 1 amide bonds. The number of ketones is 1. The van der Waals surface area contributed by atoms with E-state index in [-0.39, 0.29) is 11.7 Å². The van der Waals surface area contributed by atoms with Crippen LogP contribution in [-0.2, 0) is 0 Å². The Labute approximate surface area is 156 Å². The van der Waals surface area contributed by atoms with E-state index in [1.54, 1.807) is 12.5 Å². The molecule has 1 aliphatic rings. The number of anilines is 1. The maximum Gasteiger partial charge on any atom is 0.256 e. The molecule has 0 spiro atoms. The first-order valence-corrected chi connectivity index (χ1v) is 8.86. The summed E-state index contributed by atoms with van der Waals surface area (Å²) in [5.41, 5.74) is 2.60. The van der Waals surface area contributed by atoms with Crippen LogP contribution in [0.1, 0.15) is 39.0 Å². The number of hydrogen-bond donors (Lipinski definition) is 1. The van der Waals surface area contributed by atoms with Gasteiger partial charge in [-0.05, 0) is 25.5 Å². The average molecular weight is 367 g/mol. The first-order valence-electron chi connectivity index (χ1n) is 8.86. The van der Waals surface area contributed by atoms with E-state index in [9.17, 15) is 9.59 Å². The lowest BCUT2D eigenvalue weighted by Gasteiger charge is -2.36. The Morgan fingerprint density at radius 3 is 2.56 bits per heavy atom. The van der Waals surface area contributed by atoms with Gasteiger partial charge in [-0.1, -0.05) is 0 Å². The standard InChI is InChI=1S/C18H21N7O2/c1-11-15(12(2)21-16(11)13(3)26)17(27)24-8-6-23(7-9-24)14-4-5-19-18-22-20-10-25(14)18/h4-5,10,21H,6-9H2,1-3H3. The lowest BCUT2D eigenvalue weighted by molar-refractivity contribution is 0.0745. The highest BCUT2D eigenvalue weighted by Gasteiger charge is 2.28. The Morgan fingerprint density at radius 1 is 1.15 bits per heavy atom. The van der Waals surface area contributed by atoms with Crippen molar-refractivity contribution in [1.82, 2.24) is 29.5 Å². The smallest absolute Gasteiger partial charge is 0.256 e. The van der Waals surface area contributed by atoms with Crippen LogP contribution in [-0.4, -0.2) is 67.3 Å². The van der Waals surface area contributed by atoms with Gasteiger partial charge in [-0.25, -0.2) is 4.98 Å². The molecule has 3 aromatic rings. The largest absolute Gasteiger partial charge is 0.355 e. The molecule has 1 saturated heterocycles. The number of H-pyrrole nitrogens is 1. The molecule has 140 valence electrons. The number of nitrogens with one attached hydrogen (secondary N) is 1. The van der Waals surface area contributed by atoms with Crippen LogP contribution in [0.15, 0.2) is 18.6 Å². The van der Waals surface area contributed by atoms with E-state index < -0.39 is 0 Å². The zero-order chi connectivity index (χ0) is 19.1. The van der Waals surface area contributed by atoms with E-state index in [0.717, 1.165) is 17.1 Å². The van der Waals surface area contributed by atoms with Crippen molar-refractivity contribution >= 4 is 23.3 Å². The molecule has 9 nitrogen and oxygen atoms in total. The molecular weight excluding hydrogens is 346 g/mol. The summed E-state index contributed by atoms with van der Waals surface area (Å²) >= 11 is 0. The van der Waals surface area contributed by atoms with Gasteiger partial charge in [0.1, 0.15) is 12.1 Å². The molecule has 4 heterocycles. The van der Waals surface area contributed by atoms with E-state index in [1.807, 2.05) is 29.2 Å². The van der Waals surface area contributed by atoms with Crippen LogP contribution in [0.5, 0.6) is 0 Å². The van der Waals surface area contributed by atoms with E-state index in [1.165, 1.54) is 6.92 Å². The van der Waals surface area contributed by atoms with Crippen molar-refractivity contribution < 1.29 is 9.59 Å². The number of amides is 1. The minimum atomic E-state index is -0.0601. The second kappa shape index (κ2) is 6.49. The topological polar surface area (TPSA) is 99.5 Å². The molecule has 0 aliphatic carbocycles. The number of carbonyl (C=O) groups is 2. The maximum atomic E-state index is 13.0. The molecular formula is C18H21N7O2. The summed E-state index contributed by atoms with van der Waals surface area (Å²) in [5.74, 6) is 1.43. The molecule has 0 atom stereocenters. The van der Waals surface area contributed by atoms with E-state index in [4.69, 9.17) is 0 Å². The molecule has 1 N–H and O–H groups in total. The summed E-state index contributed by atoms with van der Waals surface area (Å²) in [6.07, 6.45) is 3.36. The third-order valence-corrected chi connectivity index (χ3v) is 5.08. The Hall–Kier alpha value is -3.23. The Morgan fingerprint density at radius 2 is 1.89 bits per heavy atom. The number of carbonyl (C=O) groups excluding carboxylic acids is 2. The van der Waals surface area contributed by atoms with E-state index in [2.05, 4.69) is 25.1 Å². The quantitative estimate of drug-likeness (QED) is 0.699. The van der Waals surface area contributed by atoms with Gasteiger partial charge in [-0.15, -0.1) is 10.2 Å². The van der Waals surface area contributed by atoms with E-state index in [0.29, 0.717) is 43.2 Å². The van der Waals surface area contributed by atoms with Gasteiger partial charge in [-0.3, -0.25) is 14.0 Å². The zero-order valence-corrected chi connectivity index (χ0v) is 15.6. The normalized spacial score (nSPS) is 14.8. The lowest BCUT2D eigenvalue weighted by Crippen LogP contribution is -2.49. The van der Waals surface area contributed by atoms with Crippen LogP contribution in [0.4, 0.5) is 5.82 Å². The molecule has 0 aromatic carbocycles. The maximum absolute atomic E-state index is 13.0. The average Bonchev–Trinajstić information content (AvgIpc) is 3.25. The molecule has 1 fully saturated rings. The molecule has 3 aromatic heterocycles. The Kier molecular flexibility index (Phi) is 4.14. The first kappa shape index (κ1) is 17.2. The highest BCUT2D eigenvalue weighted by Crippen LogP contribution is 2.22. The van der Waals surface area contributed by atoms with Crippen molar-refractivity contribution in [1.29, 1.82) is 0 Å². The summed E-state index contributed by atoms with van der Waals surface area (Å²) in [6.45, 7) is 7.77. The van der Waals surface area contributed by atoms with Gasteiger partial charge in [0, 0.05) is 45.0 Å². The minimum Gasteiger partial charge on any atom is -0.355 e. The highest BCUT2D eigenvalue weighted by atomic mass is 16.2. The van der Waals surface area contributed by atoms with Crippen molar-refractivity contribution in [3.05, 3.63) is 41.1 Å². The number of rotatable bonds is 3. The van der Waals surface area contributed by atoms with Gasteiger partial charge >= 0.3 is 0 Å². The van der Waals surface area contributed by atoms with Crippen LogP contribution in [0.3, 0.4) is 0 Å². The second-order valence-corrected chi connectivity index (χ2v) is 6.76. The Bertz CT molecular complexity index is 1030. The third kappa shape index (κ3) is 2.84. The summed E-state index contributed by atoms with van der Waals surface area (Å²) in [7, 11) is 0. The third-order valence-electron chi connectivity index (χ3n) is 5.08. The Balaban J connectivity index is 1.52. The number of aryl methyl sites for hydroxylation is 1. The fourth-order valence-corrected chi connectivity index (χ4v) is 3.71. The van der Waals surface area contributed by atoms with Crippen molar-refractivity contribution in [2.75, 3.05) is 31.1 Å². The predicted octanol–water partition coefficient (Wildman–Crippen LogP) is 1.23. The lowest BCUT2D eigenvalue weighted by atomic mass is 10.1. The van der Waals surface area contributed by atoms with Gasteiger partial charge in [-0.2, -0.15) is 0 Å². The molecule has 0 bridgehead atoms. The SMILES string of the molecule is CC(=O)c1[nH]c(C)c(C(=O)N2CCN(c3ccnc4nncn34)CC2)c1C. The number of nitrogens with zero attached hydrogens (tertiary/aromatic N) is 6. The van der Waals surface area contributed by atoms with Gasteiger partial charge < -0.3 is 14.8 Å². The highest BCUT2D eigenvalue weighted by molar-refractivity contribution is 6.02. The fourth-order valence-electron chi connectivity index (χ4n) is 3.71. The van der Waals surface area contributed by atoms with E-state index >= 15 is 0 Å². The minimum absolute atomic E-state index is 0.0300. The van der Waals surface area contributed by atoms with Gasteiger partial charge in [0.05, 0.1) is 11.3 Å². The molecule has 27 heavy (non-hydrogen) atoms. The van der Waals surface area contributed by atoms with Crippen LogP contribution in [0.25, 0.3) is 5.78 Å². The van der Waals surface area contributed by atoms with Gasteiger partial charge in [0.15, 0.2) is 5.78 Å². The second-order valence-electron chi connectivity index (χ2n) is 6.76. The monoisotopic (exact) mass is 367 g/mol. The number of aromatic amines is 1. The summed E-state index contributed by atoms with van der Waals surface area (Å²) < 4.78 is 1.84. The van der Waals surface area contributed by atoms with Crippen LogP contribution >= 0.6 is 0 Å². The van der Waals surface area contributed by atoms with Crippen molar-refractivity contribution in [2.24, 2.45) is 0 Å². The summed E-state index contributed by atoms with van der Waals surface area (Å²) in [4.78, 5) is 36.0. The van der Waals surface area contributed by atoms with Gasteiger partial charge in [0.2, 0.25) is 0 Å². The van der Waals surface area contributed by atoms with Crippen molar-refractivity contribution in [3.8, 4) is 0 Å². The first-order chi connectivity index (χ1) is 13.0. The summed E-state index contributed by atoms with van der Waals surface area (Å²) in [6, 6.07) is 1.92. The molecule has 1 aliphatic heterocycles. The number of aromatic nitrogens is 5. The molecule has 0 unspecified atom stereocenters. The van der Waals surface area contributed by atoms with Crippen LogP contribution in [0, 0.1) is 13.8 Å². The number of piperazine rings is 1. The molecule has 4 rings (SSSR count). The van der Waals surface area contributed by atoms with Crippen molar-refractivity contribution in [3.63, 3.8) is 0 Å². The molecule has 0 radical (unpaired) electrons. The predicted molar refractivity (Wildman–Crippen MR) is 99.2 cm³/mol.